The van der Waals surface area contributed by atoms with Crippen LogP contribution >= 0.6 is 11.5 Å². The molecule has 1 heterocycles. The van der Waals surface area contributed by atoms with E-state index in [1.807, 2.05) is 0 Å². The van der Waals surface area contributed by atoms with Crippen LogP contribution in [0.5, 0.6) is 0 Å². The summed E-state index contributed by atoms with van der Waals surface area (Å²) in [6, 6.07) is 0.906. The van der Waals surface area contributed by atoms with Gasteiger partial charge in [0.15, 0.2) is 0 Å². The summed E-state index contributed by atoms with van der Waals surface area (Å²) in [5, 5.41) is 4.30. The summed E-state index contributed by atoms with van der Waals surface area (Å²) in [6.45, 7) is 2.14. The van der Waals surface area contributed by atoms with Crippen molar-refractivity contribution < 1.29 is 0 Å². The average molecular weight is 212 g/mol. The molecule has 4 nitrogen and oxygen atoms in total. The summed E-state index contributed by atoms with van der Waals surface area (Å²) < 4.78 is 4.27. The molecule has 1 aliphatic rings. The highest BCUT2D eigenvalue weighted by atomic mass is 32.1. The van der Waals surface area contributed by atoms with Gasteiger partial charge in [-0.05, 0) is 19.3 Å². The molecule has 0 spiro atoms. The van der Waals surface area contributed by atoms with E-state index in [1.165, 1.54) is 11.5 Å². The largest absolute Gasteiger partial charge is 0.357 e. The van der Waals surface area contributed by atoms with Gasteiger partial charge in [0.25, 0.3) is 0 Å². The van der Waals surface area contributed by atoms with Crippen molar-refractivity contribution in [2.45, 2.75) is 44.7 Å². The molecule has 0 amide bonds. The van der Waals surface area contributed by atoms with E-state index in [-0.39, 0.29) is 0 Å². The van der Waals surface area contributed by atoms with Crippen molar-refractivity contribution in [3.63, 3.8) is 0 Å². The first kappa shape index (κ1) is 9.86. The molecule has 1 aromatic rings. The van der Waals surface area contributed by atoms with E-state index >= 15 is 0 Å². The second-order valence-corrected chi connectivity index (χ2v) is 4.59. The van der Waals surface area contributed by atoms with Gasteiger partial charge in [-0.3, -0.25) is 0 Å². The van der Waals surface area contributed by atoms with E-state index < -0.39 is 0 Å². The van der Waals surface area contributed by atoms with Gasteiger partial charge in [-0.15, -0.1) is 0 Å². The maximum Gasteiger partial charge on any atom is 0.202 e. The molecule has 0 aliphatic heterocycles. The first-order valence-corrected chi connectivity index (χ1v) is 5.90. The van der Waals surface area contributed by atoms with Gasteiger partial charge in [-0.2, -0.15) is 4.37 Å². The first-order chi connectivity index (χ1) is 6.78. The second kappa shape index (κ2) is 4.23. The predicted octanol–water partition coefficient (Wildman–Crippen LogP) is 1.39. The van der Waals surface area contributed by atoms with Crippen LogP contribution in [0.4, 0.5) is 5.13 Å². The van der Waals surface area contributed by atoms with E-state index in [4.69, 9.17) is 5.73 Å². The second-order valence-electron chi connectivity index (χ2n) is 3.84. The molecule has 78 valence electrons. The Bertz CT molecular complexity index is 293. The average Bonchev–Trinajstić information content (AvgIpc) is 2.51. The Morgan fingerprint density at radius 3 is 3.00 bits per heavy atom. The SMILES string of the molecule is CCCc1nsc(NC2CC(N)C2)n1. The van der Waals surface area contributed by atoms with Crippen molar-refractivity contribution >= 4 is 16.7 Å². The number of anilines is 1. The third-order valence-electron chi connectivity index (χ3n) is 2.44. The van der Waals surface area contributed by atoms with Crippen molar-refractivity contribution in [1.29, 1.82) is 0 Å². The molecule has 0 aromatic carbocycles. The molecule has 0 saturated heterocycles. The zero-order valence-electron chi connectivity index (χ0n) is 8.36. The summed E-state index contributed by atoms with van der Waals surface area (Å²) in [4.78, 5) is 4.40. The van der Waals surface area contributed by atoms with Gasteiger partial charge in [0.1, 0.15) is 5.82 Å². The van der Waals surface area contributed by atoms with Crippen LogP contribution in [0, 0.1) is 0 Å². The molecule has 2 rings (SSSR count). The Morgan fingerprint density at radius 1 is 1.57 bits per heavy atom. The van der Waals surface area contributed by atoms with Crippen molar-refractivity contribution in [3.8, 4) is 0 Å². The monoisotopic (exact) mass is 212 g/mol. The van der Waals surface area contributed by atoms with E-state index in [2.05, 4.69) is 21.6 Å². The highest BCUT2D eigenvalue weighted by Gasteiger charge is 2.26. The summed E-state index contributed by atoms with van der Waals surface area (Å²) in [7, 11) is 0. The lowest BCUT2D eigenvalue weighted by atomic mass is 9.88. The summed E-state index contributed by atoms with van der Waals surface area (Å²) in [5.74, 6) is 0.962. The predicted molar refractivity (Wildman–Crippen MR) is 58.5 cm³/mol. The summed E-state index contributed by atoms with van der Waals surface area (Å²) in [5.41, 5.74) is 5.70. The zero-order chi connectivity index (χ0) is 9.97. The minimum Gasteiger partial charge on any atom is -0.357 e. The maximum absolute atomic E-state index is 5.70. The van der Waals surface area contributed by atoms with Gasteiger partial charge in [0.2, 0.25) is 5.13 Å². The topological polar surface area (TPSA) is 63.8 Å². The first-order valence-electron chi connectivity index (χ1n) is 5.12. The van der Waals surface area contributed by atoms with Gasteiger partial charge in [-0.1, -0.05) is 6.92 Å². The van der Waals surface area contributed by atoms with Gasteiger partial charge < -0.3 is 11.1 Å². The van der Waals surface area contributed by atoms with Crippen molar-refractivity contribution in [1.82, 2.24) is 9.36 Å². The Labute approximate surface area is 88.1 Å². The Kier molecular flexibility index (Phi) is 2.98. The molecule has 14 heavy (non-hydrogen) atoms. The Hall–Kier alpha value is -0.680. The Balaban J connectivity index is 1.84. The molecule has 1 aliphatic carbocycles. The number of hydrogen-bond donors (Lipinski definition) is 2. The zero-order valence-corrected chi connectivity index (χ0v) is 9.18. The summed E-state index contributed by atoms with van der Waals surface area (Å²) >= 11 is 1.46. The number of nitrogens with two attached hydrogens (primary N) is 1. The lowest BCUT2D eigenvalue weighted by Gasteiger charge is -2.32. The number of hydrogen-bond acceptors (Lipinski definition) is 5. The van der Waals surface area contributed by atoms with Crippen LogP contribution in [0.15, 0.2) is 0 Å². The molecule has 5 heteroatoms. The lowest BCUT2D eigenvalue weighted by molar-refractivity contribution is 0.373. The van der Waals surface area contributed by atoms with Crippen molar-refractivity contribution in [2.24, 2.45) is 5.73 Å². The van der Waals surface area contributed by atoms with Gasteiger partial charge >= 0.3 is 0 Å². The minimum absolute atomic E-state index is 0.385. The maximum atomic E-state index is 5.70. The minimum atomic E-state index is 0.385. The van der Waals surface area contributed by atoms with E-state index in [1.54, 1.807) is 0 Å². The fourth-order valence-electron chi connectivity index (χ4n) is 1.59. The molecule has 1 saturated carbocycles. The van der Waals surface area contributed by atoms with Gasteiger partial charge in [0, 0.05) is 30.0 Å². The normalized spacial score (nSPS) is 25.9. The smallest absolute Gasteiger partial charge is 0.202 e. The fraction of sp³-hybridized carbons (Fsp3) is 0.778. The highest BCUT2D eigenvalue weighted by Crippen LogP contribution is 2.23. The third-order valence-corrected chi connectivity index (χ3v) is 3.13. The molecule has 1 fully saturated rings. The highest BCUT2D eigenvalue weighted by molar-refractivity contribution is 7.09. The van der Waals surface area contributed by atoms with E-state index in [9.17, 15) is 0 Å². The standard InChI is InChI=1S/C9H16N4S/c1-2-3-8-12-9(14-13-8)11-7-4-6(10)5-7/h6-7H,2-5,10H2,1H3,(H,11,12,13). The van der Waals surface area contributed by atoms with Crippen LogP contribution in [0.3, 0.4) is 0 Å². The van der Waals surface area contributed by atoms with Crippen LogP contribution in [0.25, 0.3) is 0 Å². The van der Waals surface area contributed by atoms with Crippen molar-refractivity contribution in [3.05, 3.63) is 5.82 Å². The number of nitrogens with one attached hydrogen (secondary N) is 1. The van der Waals surface area contributed by atoms with Gasteiger partial charge in [-0.25, -0.2) is 4.98 Å². The Morgan fingerprint density at radius 2 is 2.36 bits per heavy atom. The summed E-state index contributed by atoms with van der Waals surface area (Å²) in [6.07, 6.45) is 4.19. The third kappa shape index (κ3) is 2.22. The van der Waals surface area contributed by atoms with Crippen LogP contribution in [-0.4, -0.2) is 21.4 Å². The lowest BCUT2D eigenvalue weighted by Crippen LogP contribution is -2.44. The quantitative estimate of drug-likeness (QED) is 0.791. The molecule has 0 bridgehead atoms. The van der Waals surface area contributed by atoms with E-state index in [0.717, 1.165) is 36.6 Å². The number of nitrogens with zero attached hydrogens (tertiary/aromatic N) is 2. The molecule has 0 atom stereocenters. The molecule has 0 radical (unpaired) electrons. The van der Waals surface area contributed by atoms with Crippen LogP contribution < -0.4 is 11.1 Å². The molecule has 0 unspecified atom stereocenters. The van der Waals surface area contributed by atoms with Crippen LogP contribution in [0.1, 0.15) is 32.0 Å². The molecule has 3 N–H and O–H groups in total. The fourth-order valence-corrected chi connectivity index (χ4v) is 2.28. The van der Waals surface area contributed by atoms with Gasteiger partial charge in [0.05, 0.1) is 0 Å². The van der Waals surface area contributed by atoms with Crippen LogP contribution in [0.2, 0.25) is 0 Å². The number of aryl methyl sites for hydroxylation is 1. The number of rotatable bonds is 4. The molecular formula is C9H16N4S. The van der Waals surface area contributed by atoms with E-state index in [0.29, 0.717) is 12.1 Å². The van der Waals surface area contributed by atoms with Crippen molar-refractivity contribution in [2.75, 3.05) is 5.32 Å². The molecule has 1 aromatic heterocycles. The van der Waals surface area contributed by atoms with Crippen LogP contribution in [-0.2, 0) is 6.42 Å². The molecular weight excluding hydrogens is 196 g/mol. The number of aromatic nitrogens is 2.